The minimum atomic E-state index is -4.15. The van der Waals surface area contributed by atoms with Gasteiger partial charge < -0.3 is 5.32 Å². The number of nitro benzene ring substituents is 1. The van der Waals surface area contributed by atoms with Gasteiger partial charge in [0, 0.05) is 19.0 Å². The highest BCUT2D eigenvalue weighted by Gasteiger charge is 2.25. The van der Waals surface area contributed by atoms with Crippen molar-refractivity contribution in [3.8, 4) is 0 Å². The largest absolute Gasteiger partial charge is 0.389 e. The Morgan fingerprint density at radius 3 is 2.50 bits per heavy atom. The predicted molar refractivity (Wildman–Crippen MR) is 64.7 cm³/mol. The molecule has 0 saturated carbocycles. The zero-order valence-electron chi connectivity index (χ0n) is 10.5. The lowest BCUT2D eigenvalue weighted by Crippen LogP contribution is -2.16. The molecule has 4 nitrogen and oxygen atoms in total. The highest BCUT2D eigenvalue weighted by atomic mass is 19.4. The molecule has 0 aliphatic rings. The molecule has 1 aromatic rings. The first-order valence-electron chi connectivity index (χ1n) is 5.99. The molecule has 0 saturated heterocycles. The monoisotopic (exact) mass is 294 g/mol. The van der Waals surface area contributed by atoms with Crippen LogP contribution in [0.5, 0.6) is 0 Å². The number of unbranched alkanes of at least 4 members (excludes halogenated alkanes) is 1. The Morgan fingerprint density at radius 2 is 1.90 bits per heavy atom. The third-order valence-electron chi connectivity index (χ3n) is 2.55. The lowest BCUT2D eigenvalue weighted by atomic mass is 10.2. The first-order valence-corrected chi connectivity index (χ1v) is 5.99. The second-order valence-corrected chi connectivity index (χ2v) is 4.32. The van der Waals surface area contributed by atoms with Crippen molar-refractivity contribution >= 4 is 5.69 Å². The summed E-state index contributed by atoms with van der Waals surface area (Å²) in [6.07, 6.45) is -4.64. The van der Waals surface area contributed by atoms with Crippen LogP contribution in [0.25, 0.3) is 0 Å². The normalized spacial score (nSPS) is 11.6. The molecular formula is C12H14F4N2O2. The van der Waals surface area contributed by atoms with E-state index in [2.05, 4.69) is 5.32 Å². The minimum Gasteiger partial charge on any atom is -0.313 e. The van der Waals surface area contributed by atoms with Crippen molar-refractivity contribution in [1.82, 2.24) is 5.32 Å². The number of nitrogens with zero attached hydrogens (tertiary/aromatic N) is 1. The van der Waals surface area contributed by atoms with Gasteiger partial charge in [-0.25, -0.2) is 4.39 Å². The molecule has 0 fully saturated rings. The molecule has 0 aromatic heterocycles. The van der Waals surface area contributed by atoms with E-state index in [0.717, 1.165) is 12.1 Å². The van der Waals surface area contributed by atoms with Gasteiger partial charge in [-0.2, -0.15) is 13.2 Å². The molecule has 0 aliphatic carbocycles. The van der Waals surface area contributed by atoms with Crippen LogP contribution in [0.4, 0.5) is 23.2 Å². The van der Waals surface area contributed by atoms with Gasteiger partial charge in [0.15, 0.2) is 0 Å². The van der Waals surface area contributed by atoms with Crippen molar-refractivity contribution in [3.05, 3.63) is 39.7 Å². The van der Waals surface area contributed by atoms with Gasteiger partial charge in [0.2, 0.25) is 0 Å². The van der Waals surface area contributed by atoms with Gasteiger partial charge >= 0.3 is 6.18 Å². The Bertz CT molecular complexity index is 463. The number of hydrogen-bond donors (Lipinski definition) is 1. The van der Waals surface area contributed by atoms with Crippen molar-refractivity contribution in [3.63, 3.8) is 0 Å². The molecule has 0 heterocycles. The first kappa shape index (κ1) is 16.4. The van der Waals surface area contributed by atoms with E-state index in [4.69, 9.17) is 0 Å². The van der Waals surface area contributed by atoms with Gasteiger partial charge in [-0.15, -0.1) is 0 Å². The number of benzene rings is 1. The standard InChI is InChI=1S/C12H14F4N2O2/c13-10-5-9(6-11(7-10)18(19)20)8-17-4-2-1-3-12(14,15)16/h5-7,17H,1-4,8H2. The molecule has 112 valence electrons. The zero-order chi connectivity index (χ0) is 15.2. The third-order valence-corrected chi connectivity index (χ3v) is 2.55. The van der Waals surface area contributed by atoms with Crippen LogP contribution in [0.15, 0.2) is 18.2 Å². The van der Waals surface area contributed by atoms with E-state index in [1.165, 1.54) is 6.07 Å². The molecule has 20 heavy (non-hydrogen) atoms. The second-order valence-electron chi connectivity index (χ2n) is 4.32. The maximum absolute atomic E-state index is 13.1. The fourth-order valence-electron chi connectivity index (χ4n) is 1.65. The topological polar surface area (TPSA) is 55.2 Å². The van der Waals surface area contributed by atoms with Gasteiger partial charge in [-0.1, -0.05) is 0 Å². The van der Waals surface area contributed by atoms with Crippen LogP contribution in [-0.2, 0) is 6.54 Å². The van der Waals surface area contributed by atoms with Crippen LogP contribution in [-0.4, -0.2) is 17.6 Å². The van der Waals surface area contributed by atoms with E-state index in [1.807, 2.05) is 0 Å². The first-order chi connectivity index (χ1) is 9.28. The summed E-state index contributed by atoms with van der Waals surface area (Å²) in [6.45, 7) is 0.505. The molecule has 0 unspecified atom stereocenters. The van der Waals surface area contributed by atoms with E-state index in [0.29, 0.717) is 18.5 Å². The fourth-order valence-corrected chi connectivity index (χ4v) is 1.65. The molecule has 0 spiro atoms. The average Bonchev–Trinajstić information content (AvgIpc) is 2.31. The molecule has 1 aromatic carbocycles. The zero-order valence-corrected chi connectivity index (χ0v) is 10.5. The number of halogens is 4. The summed E-state index contributed by atoms with van der Waals surface area (Å²) >= 11 is 0. The van der Waals surface area contributed by atoms with Gasteiger partial charge in [0.1, 0.15) is 5.82 Å². The Hall–Kier alpha value is -1.70. The lowest BCUT2D eigenvalue weighted by molar-refractivity contribution is -0.385. The van der Waals surface area contributed by atoms with Crippen molar-refractivity contribution in [2.45, 2.75) is 32.0 Å². The van der Waals surface area contributed by atoms with E-state index in [-0.39, 0.29) is 18.7 Å². The summed E-state index contributed by atoms with van der Waals surface area (Å²) < 4.78 is 48.7. The highest BCUT2D eigenvalue weighted by molar-refractivity contribution is 5.35. The molecule has 8 heteroatoms. The number of rotatable bonds is 7. The number of hydrogen-bond acceptors (Lipinski definition) is 3. The van der Waals surface area contributed by atoms with Gasteiger partial charge in [0.25, 0.3) is 5.69 Å². The molecule has 0 amide bonds. The number of nitro groups is 1. The smallest absolute Gasteiger partial charge is 0.313 e. The Balaban J connectivity index is 2.34. The predicted octanol–water partition coefficient (Wildman–Crippen LogP) is 3.56. The molecule has 1 rings (SSSR count). The number of nitrogens with one attached hydrogen (secondary N) is 1. The maximum atomic E-state index is 13.1. The van der Waals surface area contributed by atoms with Crippen molar-refractivity contribution in [1.29, 1.82) is 0 Å². The van der Waals surface area contributed by atoms with E-state index in [9.17, 15) is 27.7 Å². The van der Waals surface area contributed by atoms with Crippen LogP contribution in [0.2, 0.25) is 0 Å². The Labute approximate surface area is 112 Å². The summed E-state index contributed by atoms with van der Waals surface area (Å²) in [6, 6.07) is 3.19. The average molecular weight is 294 g/mol. The van der Waals surface area contributed by atoms with Crippen LogP contribution < -0.4 is 5.32 Å². The molecule has 0 aliphatic heterocycles. The minimum absolute atomic E-state index is 0.0137. The summed E-state index contributed by atoms with van der Waals surface area (Å²) in [5, 5.41) is 13.4. The van der Waals surface area contributed by atoms with Crippen LogP contribution in [0.3, 0.4) is 0 Å². The Morgan fingerprint density at radius 1 is 1.20 bits per heavy atom. The van der Waals surface area contributed by atoms with Crippen molar-refractivity contribution < 1.29 is 22.5 Å². The number of alkyl halides is 3. The third kappa shape index (κ3) is 6.46. The van der Waals surface area contributed by atoms with E-state index >= 15 is 0 Å². The Kier molecular flexibility index (Phi) is 5.87. The quantitative estimate of drug-likeness (QED) is 0.362. The van der Waals surface area contributed by atoms with E-state index in [1.54, 1.807) is 0 Å². The van der Waals surface area contributed by atoms with Gasteiger partial charge in [0.05, 0.1) is 11.0 Å². The molecule has 0 radical (unpaired) electrons. The van der Waals surface area contributed by atoms with E-state index < -0.39 is 23.3 Å². The lowest BCUT2D eigenvalue weighted by Gasteiger charge is -2.07. The fraction of sp³-hybridized carbons (Fsp3) is 0.500. The van der Waals surface area contributed by atoms with Crippen LogP contribution in [0.1, 0.15) is 24.8 Å². The van der Waals surface area contributed by atoms with Crippen LogP contribution in [0, 0.1) is 15.9 Å². The molecule has 1 N–H and O–H groups in total. The van der Waals surface area contributed by atoms with Gasteiger partial charge in [-0.05, 0) is 31.0 Å². The SMILES string of the molecule is O=[N+]([O-])c1cc(F)cc(CNCCCCC(F)(F)F)c1. The second kappa shape index (κ2) is 7.18. The molecular weight excluding hydrogens is 280 g/mol. The summed E-state index contributed by atoms with van der Waals surface area (Å²) in [5.74, 6) is -0.715. The maximum Gasteiger partial charge on any atom is 0.389 e. The highest BCUT2D eigenvalue weighted by Crippen LogP contribution is 2.22. The summed E-state index contributed by atoms with van der Waals surface area (Å²) in [5.41, 5.74) is 0.0337. The number of non-ortho nitro benzene ring substituents is 1. The van der Waals surface area contributed by atoms with Crippen LogP contribution >= 0.6 is 0 Å². The summed E-state index contributed by atoms with van der Waals surface area (Å²) in [7, 11) is 0. The van der Waals surface area contributed by atoms with Crippen molar-refractivity contribution in [2.24, 2.45) is 0 Å². The molecule has 0 bridgehead atoms. The molecule has 0 atom stereocenters. The van der Waals surface area contributed by atoms with Crippen molar-refractivity contribution in [2.75, 3.05) is 6.54 Å². The van der Waals surface area contributed by atoms with Gasteiger partial charge in [-0.3, -0.25) is 10.1 Å². The summed E-state index contributed by atoms with van der Waals surface area (Å²) in [4.78, 5) is 9.83.